The highest BCUT2D eigenvalue weighted by Gasteiger charge is 2.13. The molecule has 0 aromatic rings. The van der Waals surface area contributed by atoms with E-state index in [0.29, 0.717) is 12.8 Å². The Labute approximate surface area is 80.0 Å². The molecule has 0 rings (SSSR count). The quantitative estimate of drug-likeness (QED) is 0.612. The molecular formula is C11H18O2. The van der Waals surface area contributed by atoms with Crippen molar-refractivity contribution >= 4 is 11.6 Å². The first-order valence-electron chi connectivity index (χ1n) is 4.67. The van der Waals surface area contributed by atoms with E-state index in [1.807, 2.05) is 27.7 Å². The SMILES string of the molecule is CCC(=O)C(C)CC(=O)C=C(C)C. The van der Waals surface area contributed by atoms with Crippen molar-refractivity contribution in [2.45, 2.75) is 40.5 Å². The van der Waals surface area contributed by atoms with Gasteiger partial charge < -0.3 is 0 Å². The van der Waals surface area contributed by atoms with Gasteiger partial charge in [0.05, 0.1) is 0 Å². The van der Waals surface area contributed by atoms with Crippen LogP contribution in [0, 0.1) is 5.92 Å². The molecule has 0 bridgehead atoms. The standard InChI is InChI=1S/C11H18O2/c1-5-11(13)9(4)7-10(12)6-8(2)3/h6,9H,5,7H2,1-4H3. The first kappa shape index (κ1) is 12.1. The van der Waals surface area contributed by atoms with Gasteiger partial charge in [0.1, 0.15) is 5.78 Å². The van der Waals surface area contributed by atoms with Crippen LogP contribution < -0.4 is 0 Å². The third-order valence-electron chi connectivity index (χ3n) is 1.86. The van der Waals surface area contributed by atoms with E-state index < -0.39 is 0 Å². The maximum absolute atomic E-state index is 11.3. The van der Waals surface area contributed by atoms with E-state index in [-0.39, 0.29) is 17.5 Å². The van der Waals surface area contributed by atoms with Gasteiger partial charge in [-0.2, -0.15) is 0 Å². The monoisotopic (exact) mass is 182 g/mol. The lowest BCUT2D eigenvalue weighted by Gasteiger charge is -2.05. The Kier molecular flexibility index (Phi) is 5.28. The van der Waals surface area contributed by atoms with Crippen LogP contribution in [0.1, 0.15) is 40.5 Å². The van der Waals surface area contributed by atoms with Crippen LogP contribution in [0.2, 0.25) is 0 Å². The van der Waals surface area contributed by atoms with Gasteiger partial charge in [-0.05, 0) is 19.9 Å². The molecule has 0 aromatic heterocycles. The molecular weight excluding hydrogens is 164 g/mol. The van der Waals surface area contributed by atoms with Crippen molar-refractivity contribution in [1.82, 2.24) is 0 Å². The molecule has 0 N–H and O–H groups in total. The van der Waals surface area contributed by atoms with Crippen molar-refractivity contribution in [2.24, 2.45) is 5.92 Å². The van der Waals surface area contributed by atoms with Gasteiger partial charge in [-0.15, -0.1) is 0 Å². The number of hydrogen-bond acceptors (Lipinski definition) is 2. The number of hydrogen-bond donors (Lipinski definition) is 0. The lowest BCUT2D eigenvalue weighted by Crippen LogP contribution is -2.13. The third kappa shape index (κ3) is 5.34. The van der Waals surface area contributed by atoms with Crippen LogP contribution in [-0.4, -0.2) is 11.6 Å². The first-order chi connectivity index (χ1) is 5.97. The maximum Gasteiger partial charge on any atom is 0.156 e. The second kappa shape index (κ2) is 5.68. The second-order valence-electron chi connectivity index (χ2n) is 3.61. The fourth-order valence-corrected chi connectivity index (χ4v) is 1.14. The van der Waals surface area contributed by atoms with Crippen molar-refractivity contribution < 1.29 is 9.59 Å². The highest BCUT2D eigenvalue weighted by molar-refractivity contribution is 5.94. The van der Waals surface area contributed by atoms with Gasteiger partial charge in [0.15, 0.2) is 5.78 Å². The van der Waals surface area contributed by atoms with Crippen LogP contribution in [0.4, 0.5) is 0 Å². The normalized spacial score (nSPS) is 12.0. The predicted molar refractivity (Wildman–Crippen MR) is 53.5 cm³/mol. The Bertz CT molecular complexity index is 222. The number of allylic oxidation sites excluding steroid dienone is 2. The van der Waals surface area contributed by atoms with Crippen molar-refractivity contribution in [2.75, 3.05) is 0 Å². The van der Waals surface area contributed by atoms with E-state index in [0.717, 1.165) is 5.57 Å². The average Bonchev–Trinajstić information content (AvgIpc) is 2.01. The molecule has 0 radical (unpaired) electrons. The molecule has 0 saturated heterocycles. The highest BCUT2D eigenvalue weighted by Crippen LogP contribution is 2.07. The van der Waals surface area contributed by atoms with Crippen LogP contribution in [-0.2, 0) is 9.59 Å². The van der Waals surface area contributed by atoms with Crippen LogP contribution in [0.5, 0.6) is 0 Å². The summed E-state index contributed by atoms with van der Waals surface area (Å²) in [6.45, 7) is 7.39. The van der Waals surface area contributed by atoms with Crippen molar-refractivity contribution in [3.8, 4) is 0 Å². The van der Waals surface area contributed by atoms with Gasteiger partial charge in [-0.1, -0.05) is 19.4 Å². The zero-order chi connectivity index (χ0) is 10.4. The Morgan fingerprint density at radius 3 is 2.23 bits per heavy atom. The van der Waals surface area contributed by atoms with Crippen LogP contribution >= 0.6 is 0 Å². The highest BCUT2D eigenvalue weighted by atomic mass is 16.1. The second-order valence-corrected chi connectivity index (χ2v) is 3.61. The predicted octanol–water partition coefficient (Wildman–Crippen LogP) is 2.53. The summed E-state index contributed by atoms with van der Waals surface area (Å²) >= 11 is 0. The Hall–Kier alpha value is -0.920. The molecule has 74 valence electrons. The van der Waals surface area contributed by atoms with Crippen molar-refractivity contribution in [1.29, 1.82) is 0 Å². The number of ketones is 2. The fraction of sp³-hybridized carbons (Fsp3) is 0.636. The molecule has 0 amide bonds. The molecule has 0 aliphatic heterocycles. The van der Waals surface area contributed by atoms with E-state index in [1.165, 1.54) is 0 Å². The summed E-state index contributed by atoms with van der Waals surface area (Å²) in [7, 11) is 0. The molecule has 0 aliphatic rings. The fourth-order valence-electron chi connectivity index (χ4n) is 1.14. The summed E-state index contributed by atoms with van der Waals surface area (Å²) in [4.78, 5) is 22.4. The van der Waals surface area contributed by atoms with Crippen LogP contribution in [0.3, 0.4) is 0 Å². The topological polar surface area (TPSA) is 34.1 Å². The average molecular weight is 182 g/mol. The molecule has 2 nitrogen and oxygen atoms in total. The van der Waals surface area contributed by atoms with E-state index in [1.54, 1.807) is 6.08 Å². The number of carbonyl (C=O) groups is 2. The van der Waals surface area contributed by atoms with E-state index in [9.17, 15) is 9.59 Å². The van der Waals surface area contributed by atoms with E-state index >= 15 is 0 Å². The molecule has 0 aromatic carbocycles. The summed E-state index contributed by atoms with van der Waals surface area (Å²) < 4.78 is 0. The van der Waals surface area contributed by atoms with Gasteiger partial charge in [0.2, 0.25) is 0 Å². The Balaban J connectivity index is 4.07. The van der Waals surface area contributed by atoms with E-state index in [2.05, 4.69) is 0 Å². The summed E-state index contributed by atoms with van der Waals surface area (Å²) in [5.74, 6) is 0.0814. The van der Waals surface area contributed by atoms with Crippen molar-refractivity contribution in [3.05, 3.63) is 11.6 Å². The molecule has 0 spiro atoms. The first-order valence-corrected chi connectivity index (χ1v) is 4.67. The number of rotatable bonds is 5. The Morgan fingerprint density at radius 2 is 1.85 bits per heavy atom. The largest absolute Gasteiger partial charge is 0.299 e. The zero-order valence-electron chi connectivity index (χ0n) is 8.89. The lowest BCUT2D eigenvalue weighted by molar-refractivity contribution is -0.125. The third-order valence-corrected chi connectivity index (χ3v) is 1.86. The molecule has 2 heteroatoms. The summed E-state index contributed by atoms with van der Waals surface area (Å²) in [5.41, 5.74) is 0.987. The van der Waals surface area contributed by atoms with Gasteiger partial charge >= 0.3 is 0 Å². The van der Waals surface area contributed by atoms with Gasteiger partial charge in [-0.25, -0.2) is 0 Å². The smallest absolute Gasteiger partial charge is 0.156 e. The number of Topliss-reactive ketones (excluding diaryl/α,β-unsaturated/α-hetero) is 1. The minimum atomic E-state index is -0.131. The van der Waals surface area contributed by atoms with Gasteiger partial charge in [0, 0.05) is 18.8 Å². The summed E-state index contributed by atoms with van der Waals surface area (Å²) in [5, 5.41) is 0. The molecule has 0 heterocycles. The Morgan fingerprint density at radius 1 is 1.31 bits per heavy atom. The minimum Gasteiger partial charge on any atom is -0.299 e. The molecule has 0 aliphatic carbocycles. The van der Waals surface area contributed by atoms with E-state index in [4.69, 9.17) is 0 Å². The zero-order valence-corrected chi connectivity index (χ0v) is 8.89. The molecule has 0 fully saturated rings. The van der Waals surface area contributed by atoms with Crippen molar-refractivity contribution in [3.63, 3.8) is 0 Å². The molecule has 13 heavy (non-hydrogen) atoms. The van der Waals surface area contributed by atoms with Gasteiger partial charge in [0.25, 0.3) is 0 Å². The molecule has 0 saturated carbocycles. The minimum absolute atomic E-state index is 0.0503. The van der Waals surface area contributed by atoms with Crippen LogP contribution in [0.25, 0.3) is 0 Å². The lowest BCUT2D eigenvalue weighted by atomic mass is 9.97. The summed E-state index contributed by atoms with van der Waals surface area (Å²) in [6, 6.07) is 0. The maximum atomic E-state index is 11.3. The van der Waals surface area contributed by atoms with Gasteiger partial charge in [-0.3, -0.25) is 9.59 Å². The van der Waals surface area contributed by atoms with Crippen LogP contribution in [0.15, 0.2) is 11.6 Å². The molecule has 1 atom stereocenters. The molecule has 1 unspecified atom stereocenters. The summed E-state index contributed by atoms with van der Waals surface area (Å²) in [6.07, 6.45) is 2.46. The number of carbonyl (C=O) groups excluding carboxylic acids is 2.